The van der Waals surface area contributed by atoms with Gasteiger partial charge in [-0.1, -0.05) is 24.8 Å². The summed E-state index contributed by atoms with van der Waals surface area (Å²) in [5.41, 5.74) is 2.16. The van der Waals surface area contributed by atoms with Crippen LogP contribution in [0, 0.1) is 17.2 Å². The van der Waals surface area contributed by atoms with Crippen molar-refractivity contribution in [1.82, 2.24) is 4.90 Å². The standard InChI is InChI=1S/C23H24N4O3S/c1-3-16(14-25-2)7-9-21(28)26-22-19(13-24)18-8-6-17(12-20(18)31-22)15-30-23(29)27-10-4-5-11-27/h3-5,7,9,14,17H,1-2,6,8,10-12,15H2,(H,26,28)/b9-7+,16-14+. The number of hydrogen-bond acceptors (Lipinski definition) is 6. The average molecular weight is 437 g/mol. The van der Waals surface area contributed by atoms with Crippen LogP contribution >= 0.6 is 11.3 Å². The van der Waals surface area contributed by atoms with Crippen molar-refractivity contribution in [2.45, 2.75) is 19.3 Å². The fourth-order valence-corrected chi connectivity index (χ4v) is 4.82. The monoisotopic (exact) mass is 436 g/mol. The van der Waals surface area contributed by atoms with Crippen molar-refractivity contribution in [1.29, 1.82) is 5.26 Å². The van der Waals surface area contributed by atoms with Gasteiger partial charge in [-0.3, -0.25) is 9.79 Å². The van der Waals surface area contributed by atoms with E-state index in [2.05, 4.69) is 29.7 Å². The van der Waals surface area contributed by atoms with E-state index in [9.17, 15) is 14.9 Å². The highest BCUT2D eigenvalue weighted by molar-refractivity contribution is 7.16. The number of carbonyl (C=O) groups is 2. The molecule has 3 rings (SSSR count). The molecule has 7 nitrogen and oxygen atoms in total. The zero-order valence-electron chi connectivity index (χ0n) is 17.2. The van der Waals surface area contributed by atoms with Gasteiger partial charge in [-0.25, -0.2) is 4.79 Å². The van der Waals surface area contributed by atoms with Gasteiger partial charge < -0.3 is 15.0 Å². The Labute approximate surface area is 185 Å². The van der Waals surface area contributed by atoms with Crippen molar-refractivity contribution in [2.75, 3.05) is 25.0 Å². The Hall–Kier alpha value is -3.44. The minimum Gasteiger partial charge on any atom is -0.449 e. The molecule has 0 saturated carbocycles. The summed E-state index contributed by atoms with van der Waals surface area (Å²) in [6, 6.07) is 2.23. The number of nitrogens with one attached hydrogen (secondary N) is 1. The molecule has 1 atom stereocenters. The van der Waals surface area contributed by atoms with Crippen LogP contribution in [0.25, 0.3) is 0 Å². The maximum absolute atomic E-state index is 12.3. The molecule has 1 aromatic heterocycles. The number of anilines is 1. The molecule has 2 amide bonds. The molecule has 1 aromatic rings. The summed E-state index contributed by atoms with van der Waals surface area (Å²) in [6.07, 6.45) is 11.9. The van der Waals surface area contributed by atoms with E-state index in [0.29, 0.717) is 35.8 Å². The average Bonchev–Trinajstić information content (AvgIpc) is 3.42. The second kappa shape index (κ2) is 10.5. The molecule has 0 fully saturated rings. The van der Waals surface area contributed by atoms with Crippen LogP contribution in [0.4, 0.5) is 9.80 Å². The van der Waals surface area contributed by atoms with E-state index in [1.54, 1.807) is 17.1 Å². The Morgan fingerprint density at radius 3 is 2.84 bits per heavy atom. The summed E-state index contributed by atoms with van der Waals surface area (Å²) in [7, 11) is 0. The number of amides is 2. The van der Waals surface area contributed by atoms with Crippen LogP contribution in [0.3, 0.4) is 0 Å². The number of nitrogens with zero attached hydrogens (tertiary/aromatic N) is 3. The number of fused-ring (bicyclic) bond motifs is 1. The summed E-state index contributed by atoms with van der Waals surface area (Å²) < 4.78 is 5.48. The Morgan fingerprint density at radius 1 is 1.39 bits per heavy atom. The van der Waals surface area contributed by atoms with Crippen molar-refractivity contribution in [3.63, 3.8) is 0 Å². The first-order chi connectivity index (χ1) is 15.0. The molecule has 0 spiro atoms. The van der Waals surface area contributed by atoms with Crippen molar-refractivity contribution < 1.29 is 14.3 Å². The quantitative estimate of drug-likeness (QED) is 0.302. The number of aliphatic imine (C=N–C) groups is 1. The van der Waals surface area contributed by atoms with Crippen molar-refractivity contribution >= 4 is 35.1 Å². The minimum atomic E-state index is -0.336. The molecular formula is C23H24N4O3S. The normalized spacial score (nSPS) is 17.8. The lowest BCUT2D eigenvalue weighted by Gasteiger charge is -2.23. The first-order valence-corrected chi connectivity index (χ1v) is 10.8. The lowest BCUT2D eigenvalue weighted by atomic mass is 9.88. The number of rotatable bonds is 7. The molecule has 0 radical (unpaired) electrons. The van der Waals surface area contributed by atoms with Crippen LogP contribution < -0.4 is 5.32 Å². The maximum atomic E-state index is 12.3. The number of hydrogen-bond donors (Lipinski definition) is 1. The van der Waals surface area contributed by atoms with Crippen molar-refractivity contribution in [3.8, 4) is 6.07 Å². The van der Waals surface area contributed by atoms with E-state index in [1.807, 2.05) is 12.2 Å². The molecule has 2 aliphatic rings. The summed E-state index contributed by atoms with van der Waals surface area (Å²) >= 11 is 1.42. The van der Waals surface area contributed by atoms with Crippen molar-refractivity contribution in [3.05, 3.63) is 64.7 Å². The van der Waals surface area contributed by atoms with Gasteiger partial charge in [0.05, 0.1) is 12.2 Å². The molecule has 1 aliphatic heterocycles. The van der Waals surface area contributed by atoms with E-state index < -0.39 is 0 Å². The fourth-order valence-electron chi connectivity index (χ4n) is 3.51. The van der Waals surface area contributed by atoms with Crippen molar-refractivity contribution in [2.24, 2.45) is 10.9 Å². The topological polar surface area (TPSA) is 94.8 Å². The van der Waals surface area contributed by atoms with Gasteiger partial charge in [-0.05, 0) is 49.1 Å². The third kappa shape index (κ3) is 5.58. The highest BCUT2D eigenvalue weighted by atomic mass is 32.1. The molecule has 160 valence electrons. The van der Waals surface area contributed by atoms with E-state index in [0.717, 1.165) is 29.7 Å². The van der Waals surface area contributed by atoms with Gasteiger partial charge in [0.1, 0.15) is 11.1 Å². The van der Waals surface area contributed by atoms with Crippen LogP contribution in [0.1, 0.15) is 22.4 Å². The summed E-state index contributed by atoms with van der Waals surface area (Å²) in [6.45, 7) is 8.57. The second-order valence-corrected chi connectivity index (χ2v) is 8.33. The van der Waals surface area contributed by atoms with E-state index in [1.165, 1.54) is 23.6 Å². The first kappa shape index (κ1) is 22.2. The predicted molar refractivity (Wildman–Crippen MR) is 122 cm³/mol. The Morgan fingerprint density at radius 2 is 2.16 bits per heavy atom. The number of carbonyl (C=O) groups excluding carboxylic acids is 2. The third-order valence-corrected chi connectivity index (χ3v) is 6.31. The largest absolute Gasteiger partial charge is 0.449 e. The summed E-state index contributed by atoms with van der Waals surface area (Å²) in [5.74, 6) is -0.135. The van der Waals surface area contributed by atoms with Crippen LogP contribution in [0.2, 0.25) is 0 Å². The highest BCUT2D eigenvalue weighted by Crippen LogP contribution is 2.39. The van der Waals surface area contributed by atoms with Gasteiger partial charge in [0.25, 0.3) is 0 Å². The number of nitriles is 1. The van der Waals surface area contributed by atoms with Crippen LogP contribution in [-0.2, 0) is 22.4 Å². The zero-order chi connectivity index (χ0) is 22.2. The second-order valence-electron chi connectivity index (χ2n) is 7.22. The Balaban J connectivity index is 1.62. The fraction of sp³-hybridized carbons (Fsp3) is 0.304. The molecule has 1 aliphatic carbocycles. The smallest absolute Gasteiger partial charge is 0.410 e. The van der Waals surface area contributed by atoms with Gasteiger partial charge in [-0.2, -0.15) is 5.26 Å². The molecular weight excluding hydrogens is 412 g/mol. The van der Waals surface area contributed by atoms with Gasteiger partial charge in [-0.15, -0.1) is 11.3 Å². The first-order valence-electron chi connectivity index (χ1n) is 9.94. The number of thiophene rings is 1. The molecule has 1 unspecified atom stereocenters. The van der Waals surface area contributed by atoms with Gasteiger partial charge in [0.2, 0.25) is 5.91 Å². The lowest BCUT2D eigenvalue weighted by molar-refractivity contribution is -0.111. The van der Waals surface area contributed by atoms with Gasteiger partial charge in [0.15, 0.2) is 0 Å². The number of allylic oxidation sites excluding steroid dienone is 3. The molecule has 0 saturated heterocycles. The van der Waals surface area contributed by atoms with Crippen LogP contribution in [0.5, 0.6) is 0 Å². The number of ether oxygens (including phenoxy) is 1. The predicted octanol–water partition coefficient (Wildman–Crippen LogP) is 4.00. The highest BCUT2D eigenvalue weighted by Gasteiger charge is 2.27. The van der Waals surface area contributed by atoms with Gasteiger partial charge >= 0.3 is 6.09 Å². The minimum absolute atomic E-state index is 0.201. The van der Waals surface area contributed by atoms with Crippen LogP contribution in [-0.4, -0.2) is 43.3 Å². The lowest BCUT2D eigenvalue weighted by Crippen LogP contribution is -2.31. The van der Waals surface area contributed by atoms with Gasteiger partial charge in [0, 0.05) is 30.2 Å². The van der Waals surface area contributed by atoms with E-state index in [-0.39, 0.29) is 17.9 Å². The molecule has 2 heterocycles. The summed E-state index contributed by atoms with van der Waals surface area (Å²) in [5, 5.41) is 13.0. The Bertz CT molecular complexity index is 1000. The van der Waals surface area contributed by atoms with E-state index in [4.69, 9.17) is 4.74 Å². The molecule has 8 heteroatoms. The van der Waals surface area contributed by atoms with E-state index >= 15 is 0 Å². The molecule has 1 N–H and O–H groups in total. The van der Waals surface area contributed by atoms with Crippen LogP contribution in [0.15, 0.2) is 53.7 Å². The SMILES string of the molecule is C=CC(/C=C/C(=O)Nc1sc2c(c1C#N)CCC(COC(=O)N1CC=CC1)C2)=C\N=C. The molecule has 0 aromatic carbocycles. The third-order valence-electron chi connectivity index (χ3n) is 5.14. The summed E-state index contributed by atoms with van der Waals surface area (Å²) in [4.78, 5) is 30.8. The Kier molecular flexibility index (Phi) is 7.57. The maximum Gasteiger partial charge on any atom is 0.410 e. The zero-order valence-corrected chi connectivity index (χ0v) is 18.0. The molecule has 31 heavy (non-hydrogen) atoms. The molecule has 0 bridgehead atoms.